The van der Waals surface area contributed by atoms with Crippen LogP contribution < -0.4 is 0 Å². The van der Waals surface area contributed by atoms with Crippen molar-refractivity contribution in [1.82, 2.24) is 0 Å². The van der Waals surface area contributed by atoms with Crippen LogP contribution in [0, 0.1) is 0 Å². The Labute approximate surface area is 69.9 Å². The van der Waals surface area contributed by atoms with Gasteiger partial charge in [0.25, 0.3) is 0 Å². The zero-order valence-corrected chi connectivity index (χ0v) is 8.58. The Hall–Kier alpha value is -0.163. The predicted molar refractivity (Wildman–Crippen MR) is 46.6 cm³/mol. The van der Waals surface area contributed by atoms with Crippen LogP contribution in [0.15, 0.2) is 12.2 Å². The molecule has 0 aromatic carbocycles. The summed E-state index contributed by atoms with van der Waals surface area (Å²) in [5, 5.41) is 0. The van der Waals surface area contributed by atoms with Crippen molar-refractivity contribution in [1.29, 1.82) is 0 Å². The van der Waals surface area contributed by atoms with Crippen LogP contribution in [0.4, 0.5) is 0 Å². The van der Waals surface area contributed by atoms with Crippen molar-refractivity contribution in [3.8, 4) is 0 Å². The topological polar surface area (TPSA) is 27.7 Å². The lowest BCUT2D eigenvalue weighted by molar-refractivity contribution is 0.137. The van der Waals surface area contributed by atoms with Crippen molar-refractivity contribution < 1.29 is 13.3 Å². The normalized spacial score (nSPS) is 10.5. The summed E-state index contributed by atoms with van der Waals surface area (Å²) in [5.41, 5.74) is 1.12. The van der Waals surface area contributed by atoms with Crippen LogP contribution in [0.25, 0.3) is 0 Å². The van der Waals surface area contributed by atoms with E-state index in [1.807, 2.05) is 6.92 Å². The molecule has 11 heavy (non-hydrogen) atoms. The van der Waals surface area contributed by atoms with E-state index >= 15 is 0 Å². The molecule has 0 atom stereocenters. The highest BCUT2D eigenvalue weighted by Crippen LogP contribution is 1.97. The van der Waals surface area contributed by atoms with E-state index in [1.165, 1.54) is 0 Å². The molecule has 0 aromatic heterocycles. The maximum absolute atomic E-state index is 5.28. The van der Waals surface area contributed by atoms with E-state index in [9.17, 15) is 0 Å². The molecule has 0 bridgehead atoms. The Morgan fingerprint density at radius 1 is 1.36 bits per heavy atom. The van der Waals surface area contributed by atoms with E-state index in [4.69, 9.17) is 13.3 Å². The second-order valence-electron chi connectivity index (χ2n) is 2.34. The first-order chi connectivity index (χ1) is 5.20. The fourth-order valence-corrected chi connectivity index (χ4v) is 1.34. The third-order valence-corrected chi connectivity index (χ3v) is 2.45. The van der Waals surface area contributed by atoms with Gasteiger partial charge in [-0.15, -0.1) is 6.58 Å². The summed E-state index contributed by atoms with van der Waals surface area (Å²) in [7, 11) is 1.40. The van der Waals surface area contributed by atoms with E-state index in [2.05, 4.69) is 6.58 Å². The Kier molecular flexibility index (Phi) is 6.44. The van der Waals surface area contributed by atoms with E-state index in [0.29, 0.717) is 6.61 Å². The molecule has 0 aromatic rings. The molecule has 0 fully saturated rings. The fourth-order valence-electron chi connectivity index (χ4n) is 0.562. The highest BCUT2D eigenvalue weighted by atomic mass is 28.3. The number of rotatable bonds is 6. The van der Waals surface area contributed by atoms with Crippen LogP contribution >= 0.6 is 0 Å². The fraction of sp³-hybridized carbons (Fsp3) is 0.714. The molecule has 0 heterocycles. The van der Waals surface area contributed by atoms with Gasteiger partial charge in [0, 0.05) is 20.8 Å². The minimum atomic E-state index is -1.79. The number of hydrogen-bond acceptors (Lipinski definition) is 3. The molecule has 0 N–H and O–H groups in total. The summed E-state index contributed by atoms with van der Waals surface area (Å²) in [6.07, 6.45) is 0.871. The first kappa shape index (κ1) is 10.8. The monoisotopic (exact) mass is 176 g/mol. The zero-order valence-electron chi connectivity index (χ0n) is 7.42. The van der Waals surface area contributed by atoms with Crippen molar-refractivity contribution in [2.75, 3.05) is 20.8 Å². The minimum Gasteiger partial charge on any atom is -0.379 e. The Bertz CT molecular complexity index is 112. The van der Waals surface area contributed by atoms with Crippen molar-refractivity contribution >= 4 is 9.53 Å². The predicted octanol–water partition coefficient (Wildman–Crippen LogP) is 0.979. The Morgan fingerprint density at radius 3 is 2.27 bits per heavy atom. The molecule has 0 rings (SSSR count). The van der Waals surface area contributed by atoms with Crippen LogP contribution in [0.1, 0.15) is 13.3 Å². The van der Waals surface area contributed by atoms with Crippen molar-refractivity contribution in [2.45, 2.75) is 13.3 Å². The van der Waals surface area contributed by atoms with Gasteiger partial charge in [0.15, 0.2) is 0 Å². The van der Waals surface area contributed by atoms with Gasteiger partial charge in [-0.3, -0.25) is 0 Å². The maximum Gasteiger partial charge on any atom is 0.483 e. The van der Waals surface area contributed by atoms with Crippen LogP contribution in [0.3, 0.4) is 0 Å². The highest BCUT2D eigenvalue weighted by Gasteiger charge is 2.09. The lowest BCUT2D eigenvalue weighted by Gasteiger charge is -2.10. The highest BCUT2D eigenvalue weighted by molar-refractivity contribution is 6.36. The minimum absolute atomic E-state index is 0.647. The van der Waals surface area contributed by atoms with E-state index < -0.39 is 9.53 Å². The maximum atomic E-state index is 5.28. The molecule has 0 radical (unpaired) electrons. The molecule has 66 valence electrons. The van der Waals surface area contributed by atoms with Crippen molar-refractivity contribution in [3.63, 3.8) is 0 Å². The summed E-state index contributed by atoms with van der Waals surface area (Å²) < 4.78 is 15.2. The molecule has 0 saturated carbocycles. The largest absolute Gasteiger partial charge is 0.483 e. The Morgan fingerprint density at radius 2 is 1.91 bits per heavy atom. The van der Waals surface area contributed by atoms with E-state index in [0.717, 1.165) is 12.0 Å². The van der Waals surface area contributed by atoms with Crippen LogP contribution in [0.5, 0.6) is 0 Å². The summed E-state index contributed by atoms with van der Waals surface area (Å²) in [6, 6.07) is 0. The van der Waals surface area contributed by atoms with Gasteiger partial charge < -0.3 is 13.3 Å². The molecular weight excluding hydrogens is 160 g/mol. The molecular formula is C7H16O3Si. The average Bonchev–Trinajstić information content (AvgIpc) is 1.98. The summed E-state index contributed by atoms with van der Waals surface area (Å²) in [5.74, 6) is 0. The van der Waals surface area contributed by atoms with Gasteiger partial charge in [-0.2, -0.15) is 0 Å². The molecule has 0 saturated heterocycles. The zero-order chi connectivity index (χ0) is 8.69. The van der Waals surface area contributed by atoms with Crippen LogP contribution in [-0.2, 0) is 13.3 Å². The van der Waals surface area contributed by atoms with Gasteiger partial charge in [0.2, 0.25) is 0 Å². The van der Waals surface area contributed by atoms with Gasteiger partial charge in [0.1, 0.15) is 0 Å². The first-order valence-electron chi connectivity index (χ1n) is 3.52. The molecule has 4 heteroatoms. The third-order valence-electron chi connectivity index (χ3n) is 1.17. The quantitative estimate of drug-likeness (QED) is 0.446. The molecule has 0 spiro atoms. The Balaban J connectivity index is 3.28. The third kappa shape index (κ3) is 6.24. The molecule has 0 unspecified atom stereocenters. The van der Waals surface area contributed by atoms with Crippen LogP contribution in [-0.4, -0.2) is 30.4 Å². The van der Waals surface area contributed by atoms with Gasteiger partial charge in [0.05, 0.1) is 0 Å². The summed E-state index contributed by atoms with van der Waals surface area (Å²) in [4.78, 5) is 0. The molecule has 0 aliphatic heterocycles. The lowest BCUT2D eigenvalue weighted by Crippen LogP contribution is -2.24. The molecule has 0 aliphatic carbocycles. The lowest BCUT2D eigenvalue weighted by atomic mass is 10.3. The standard InChI is InChI=1S/C7H16O3Si/c1-7(2)5-6-10-11(8-3)9-4/h11H,1,5-6H2,2-4H3. The van der Waals surface area contributed by atoms with Gasteiger partial charge >= 0.3 is 9.53 Å². The summed E-state index contributed by atoms with van der Waals surface area (Å²) >= 11 is 0. The molecule has 0 aliphatic rings. The van der Waals surface area contributed by atoms with Crippen molar-refractivity contribution in [3.05, 3.63) is 12.2 Å². The van der Waals surface area contributed by atoms with Crippen LogP contribution in [0.2, 0.25) is 0 Å². The van der Waals surface area contributed by atoms with Gasteiger partial charge in [-0.25, -0.2) is 0 Å². The van der Waals surface area contributed by atoms with E-state index in [-0.39, 0.29) is 0 Å². The average molecular weight is 176 g/mol. The first-order valence-corrected chi connectivity index (χ1v) is 4.93. The number of hydrogen-bond donors (Lipinski definition) is 0. The summed E-state index contributed by atoms with van der Waals surface area (Å²) in [6.45, 7) is 6.38. The molecule has 0 amide bonds. The van der Waals surface area contributed by atoms with Gasteiger partial charge in [-0.05, 0) is 13.3 Å². The van der Waals surface area contributed by atoms with Crippen molar-refractivity contribution in [2.24, 2.45) is 0 Å². The van der Waals surface area contributed by atoms with Gasteiger partial charge in [-0.1, -0.05) is 5.57 Å². The van der Waals surface area contributed by atoms with E-state index in [1.54, 1.807) is 14.2 Å². The SMILES string of the molecule is C=C(C)CCO[SiH](OC)OC. The second-order valence-corrected chi connectivity index (χ2v) is 4.19. The molecule has 3 nitrogen and oxygen atoms in total. The smallest absolute Gasteiger partial charge is 0.379 e. The second kappa shape index (κ2) is 6.54.